The third kappa shape index (κ3) is 2.18. The van der Waals surface area contributed by atoms with Crippen LogP contribution in [0.15, 0.2) is 17.0 Å². The van der Waals surface area contributed by atoms with Crippen LogP contribution < -0.4 is 4.74 Å². The molecule has 1 rings (SSSR count). The molecule has 0 aliphatic heterocycles. The molecule has 1 aromatic rings. The smallest absolute Gasteiger partial charge is 0.418 e. The van der Waals surface area contributed by atoms with Crippen molar-refractivity contribution < 1.29 is 17.9 Å². The number of benzene rings is 1. The lowest BCUT2D eigenvalue weighted by Gasteiger charge is -2.13. The fourth-order valence-corrected chi connectivity index (χ4v) is 1.45. The summed E-state index contributed by atoms with van der Waals surface area (Å²) in [6, 6.07) is 3.89. The van der Waals surface area contributed by atoms with Crippen LogP contribution in [0.5, 0.6) is 5.75 Å². The van der Waals surface area contributed by atoms with Crippen LogP contribution in [0.25, 0.3) is 0 Å². The van der Waals surface area contributed by atoms with E-state index in [-0.39, 0.29) is 10.6 Å². The molecule has 0 unspecified atom stereocenters. The van der Waals surface area contributed by atoms with Crippen LogP contribution in [-0.4, -0.2) is 7.11 Å². The molecule has 0 heterocycles. The molecule has 0 aromatic heterocycles. The summed E-state index contributed by atoms with van der Waals surface area (Å²) in [5.74, 6) is -0.109. The van der Waals surface area contributed by atoms with E-state index in [1.165, 1.54) is 19.2 Å². The maximum atomic E-state index is 12.6. The van der Waals surface area contributed by atoms with Gasteiger partial charge in [0.2, 0.25) is 0 Å². The number of halogens is 3. The standard InChI is InChI=1S/C9H6F3NOS/c1-14-6-2-3-7(15)8(5(6)4-13)9(10,11)12/h2-3,15H,1H3. The van der Waals surface area contributed by atoms with Crippen LogP contribution in [-0.2, 0) is 6.18 Å². The predicted molar refractivity (Wildman–Crippen MR) is 50.0 cm³/mol. The van der Waals surface area contributed by atoms with Crippen molar-refractivity contribution in [2.45, 2.75) is 11.1 Å². The normalized spacial score (nSPS) is 10.9. The Morgan fingerprint density at radius 3 is 2.40 bits per heavy atom. The monoisotopic (exact) mass is 233 g/mol. The Morgan fingerprint density at radius 1 is 1.40 bits per heavy atom. The fourth-order valence-electron chi connectivity index (χ4n) is 1.14. The lowest BCUT2D eigenvalue weighted by Crippen LogP contribution is -2.10. The second kappa shape index (κ2) is 4.03. The maximum Gasteiger partial charge on any atom is 0.418 e. The zero-order chi connectivity index (χ0) is 11.6. The first-order chi connectivity index (χ1) is 6.91. The van der Waals surface area contributed by atoms with Gasteiger partial charge in [0.1, 0.15) is 17.4 Å². The van der Waals surface area contributed by atoms with Gasteiger partial charge in [0.15, 0.2) is 0 Å². The van der Waals surface area contributed by atoms with Crippen LogP contribution >= 0.6 is 12.6 Å². The van der Waals surface area contributed by atoms with Gasteiger partial charge in [-0.25, -0.2) is 0 Å². The zero-order valence-corrected chi connectivity index (χ0v) is 8.49. The first-order valence-corrected chi connectivity index (χ1v) is 4.23. The minimum atomic E-state index is -4.61. The van der Waals surface area contributed by atoms with Gasteiger partial charge < -0.3 is 4.74 Å². The largest absolute Gasteiger partial charge is 0.495 e. The van der Waals surface area contributed by atoms with E-state index >= 15 is 0 Å². The van der Waals surface area contributed by atoms with E-state index in [0.717, 1.165) is 6.07 Å². The van der Waals surface area contributed by atoms with Crippen LogP contribution in [0.4, 0.5) is 13.2 Å². The highest BCUT2D eigenvalue weighted by molar-refractivity contribution is 7.80. The Balaban J connectivity index is 3.55. The summed E-state index contributed by atoms with van der Waals surface area (Å²) in [6.07, 6.45) is -4.61. The summed E-state index contributed by atoms with van der Waals surface area (Å²) in [6.45, 7) is 0. The van der Waals surface area contributed by atoms with E-state index in [9.17, 15) is 13.2 Å². The first kappa shape index (κ1) is 11.7. The molecule has 15 heavy (non-hydrogen) atoms. The van der Waals surface area contributed by atoms with Crippen molar-refractivity contribution in [1.82, 2.24) is 0 Å². The number of ether oxygens (including phenoxy) is 1. The van der Waals surface area contributed by atoms with Crippen molar-refractivity contribution in [3.05, 3.63) is 23.3 Å². The zero-order valence-electron chi connectivity index (χ0n) is 7.59. The van der Waals surface area contributed by atoms with Crippen LogP contribution in [0.2, 0.25) is 0 Å². The predicted octanol–water partition coefficient (Wildman–Crippen LogP) is 2.87. The Hall–Kier alpha value is -1.35. The number of nitriles is 1. The molecule has 0 aliphatic carbocycles. The first-order valence-electron chi connectivity index (χ1n) is 3.79. The molecule has 0 spiro atoms. The molecule has 1 aromatic carbocycles. The van der Waals surface area contributed by atoms with Gasteiger partial charge in [0, 0.05) is 4.90 Å². The third-order valence-corrected chi connectivity index (χ3v) is 2.13. The second-order valence-electron chi connectivity index (χ2n) is 2.65. The molecule has 6 heteroatoms. The van der Waals surface area contributed by atoms with Gasteiger partial charge in [0.05, 0.1) is 12.7 Å². The number of rotatable bonds is 1. The molecule has 80 valence electrons. The van der Waals surface area contributed by atoms with Crippen molar-refractivity contribution in [2.75, 3.05) is 7.11 Å². The Bertz CT molecular complexity index is 423. The molecule has 2 nitrogen and oxygen atoms in total. The summed E-state index contributed by atoms with van der Waals surface area (Å²) in [7, 11) is 1.20. The lowest BCUT2D eigenvalue weighted by atomic mass is 10.1. The SMILES string of the molecule is COc1ccc(S)c(C(F)(F)F)c1C#N. The number of alkyl halides is 3. The lowest BCUT2D eigenvalue weighted by molar-refractivity contribution is -0.140. The van der Waals surface area contributed by atoms with Gasteiger partial charge in [-0.3, -0.25) is 0 Å². The molecule has 0 N–H and O–H groups in total. The molecule has 0 aliphatic rings. The average molecular weight is 233 g/mol. The van der Waals surface area contributed by atoms with Crippen molar-refractivity contribution in [2.24, 2.45) is 0 Å². The molecule has 0 saturated carbocycles. The molecule has 0 bridgehead atoms. The van der Waals surface area contributed by atoms with Gasteiger partial charge in [0.25, 0.3) is 0 Å². The van der Waals surface area contributed by atoms with E-state index in [2.05, 4.69) is 17.4 Å². The number of hydrogen-bond acceptors (Lipinski definition) is 3. The van der Waals surface area contributed by atoms with Crippen LogP contribution in [0.1, 0.15) is 11.1 Å². The van der Waals surface area contributed by atoms with Crippen molar-refractivity contribution in [3.63, 3.8) is 0 Å². The number of methoxy groups -OCH3 is 1. The summed E-state index contributed by atoms with van der Waals surface area (Å²) in [5, 5.41) is 8.65. The Labute approximate surface area is 89.7 Å². The molecule has 0 saturated heterocycles. The molecule has 0 amide bonds. The molecule has 0 radical (unpaired) electrons. The van der Waals surface area contributed by atoms with Gasteiger partial charge in [-0.1, -0.05) is 0 Å². The number of nitrogens with zero attached hydrogens (tertiary/aromatic N) is 1. The van der Waals surface area contributed by atoms with Gasteiger partial charge in [-0.05, 0) is 12.1 Å². The average Bonchev–Trinajstić information content (AvgIpc) is 2.15. The Morgan fingerprint density at radius 2 is 2.00 bits per heavy atom. The fraction of sp³-hybridized carbons (Fsp3) is 0.222. The van der Waals surface area contributed by atoms with E-state index in [4.69, 9.17) is 5.26 Å². The van der Waals surface area contributed by atoms with Crippen molar-refractivity contribution >= 4 is 12.6 Å². The summed E-state index contributed by atoms with van der Waals surface area (Å²) in [4.78, 5) is -0.292. The minimum absolute atomic E-state index is 0.109. The van der Waals surface area contributed by atoms with Crippen LogP contribution in [0.3, 0.4) is 0 Å². The highest BCUT2D eigenvalue weighted by atomic mass is 32.1. The quantitative estimate of drug-likeness (QED) is 0.756. The van der Waals surface area contributed by atoms with Gasteiger partial charge >= 0.3 is 6.18 Å². The number of hydrogen-bond donors (Lipinski definition) is 1. The third-order valence-electron chi connectivity index (χ3n) is 1.76. The Kier molecular flexibility index (Phi) is 3.15. The van der Waals surface area contributed by atoms with Gasteiger partial charge in [-0.15, -0.1) is 12.6 Å². The molecule has 0 atom stereocenters. The second-order valence-corrected chi connectivity index (χ2v) is 3.13. The van der Waals surface area contributed by atoms with Gasteiger partial charge in [-0.2, -0.15) is 18.4 Å². The highest BCUT2D eigenvalue weighted by Gasteiger charge is 2.37. The molecular weight excluding hydrogens is 227 g/mol. The maximum absolute atomic E-state index is 12.6. The summed E-state index contributed by atoms with van der Waals surface area (Å²) < 4.78 is 42.3. The summed E-state index contributed by atoms with van der Waals surface area (Å²) in [5.41, 5.74) is -1.61. The van der Waals surface area contributed by atoms with E-state index in [1.54, 1.807) is 0 Å². The summed E-state index contributed by atoms with van der Waals surface area (Å²) >= 11 is 3.67. The topological polar surface area (TPSA) is 33.0 Å². The number of thiol groups is 1. The van der Waals surface area contributed by atoms with E-state index < -0.39 is 17.3 Å². The van der Waals surface area contributed by atoms with Crippen molar-refractivity contribution in [1.29, 1.82) is 5.26 Å². The minimum Gasteiger partial charge on any atom is -0.495 e. The molecular formula is C9H6F3NOS. The van der Waals surface area contributed by atoms with Crippen LogP contribution in [0, 0.1) is 11.3 Å². The molecule has 0 fully saturated rings. The van der Waals surface area contributed by atoms with E-state index in [0.29, 0.717) is 0 Å². The van der Waals surface area contributed by atoms with Crippen molar-refractivity contribution in [3.8, 4) is 11.8 Å². The highest BCUT2D eigenvalue weighted by Crippen LogP contribution is 2.39. The van der Waals surface area contributed by atoms with E-state index in [1.807, 2.05) is 0 Å².